The van der Waals surface area contributed by atoms with Gasteiger partial charge in [0, 0.05) is 31.1 Å². The van der Waals surface area contributed by atoms with Gasteiger partial charge in [0.1, 0.15) is 0 Å². The highest BCUT2D eigenvalue weighted by Crippen LogP contribution is 2.23. The molecule has 1 aliphatic rings. The number of nitrogens with two attached hydrogens (primary N) is 1. The van der Waals surface area contributed by atoms with Crippen molar-refractivity contribution in [1.29, 1.82) is 0 Å². The Balaban J connectivity index is 1.85. The fraction of sp³-hybridized carbons (Fsp3) is 0.571. The van der Waals surface area contributed by atoms with Crippen molar-refractivity contribution >= 4 is 17.7 Å². The molecule has 3 amide bonds. The summed E-state index contributed by atoms with van der Waals surface area (Å²) >= 11 is 0. The maximum absolute atomic E-state index is 12.5. The van der Waals surface area contributed by atoms with Crippen LogP contribution in [0.25, 0.3) is 0 Å². The van der Waals surface area contributed by atoms with Crippen LogP contribution in [-0.2, 0) is 15.0 Å². The summed E-state index contributed by atoms with van der Waals surface area (Å²) in [6, 6.07) is 7.62. The Bertz CT molecular complexity index is 692. The molecule has 0 bridgehead atoms. The molecule has 2 atom stereocenters. The van der Waals surface area contributed by atoms with Crippen molar-refractivity contribution in [3.8, 4) is 0 Å². The molecule has 6 nitrogen and oxygen atoms in total. The van der Waals surface area contributed by atoms with Gasteiger partial charge in [0.15, 0.2) is 0 Å². The van der Waals surface area contributed by atoms with Gasteiger partial charge in [-0.15, -0.1) is 0 Å². The minimum atomic E-state index is -0.355. The van der Waals surface area contributed by atoms with Crippen molar-refractivity contribution in [2.45, 2.75) is 58.4 Å². The first kappa shape index (κ1) is 20.9. The Morgan fingerprint density at radius 3 is 2.33 bits per heavy atom. The Morgan fingerprint density at radius 2 is 1.78 bits per heavy atom. The maximum atomic E-state index is 12.5. The molecule has 1 aliphatic heterocycles. The lowest BCUT2D eigenvalue weighted by molar-refractivity contribution is -0.137. The normalized spacial score (nSPS) is 20.2. The van der Waals surface area contributed by atoms with Crippen molar-refractivity contribution in [3.63, 3.8) is 0 Å². The van der Waals surface area contributed by atoms with Crippen LogP contribution in [0, 0.1) is 5.92 Å². The van der Waals surface area contributed by atoms with E-state index in [1.54, 1.807) is 4.90 Å². The van der Waals surface area contributed by atoms with E-state index >= 15 is 0 Å². The molecule has 0 radical (unpaired) electrons. The van der Waals surface area contributed by atoms with Crippen LogP contribution in [-0.4, -0.2) is 41.8 Å². The smallest absolute Gasteiger partial charge is 0.251 e. The molecule has 1 fully saturated rings. The molecule has 0 unspecified atom stereocenters. The Hall–Kier alpha value is -2.37. The van der Waals surface area contributed by atoms with E-state index in [2.05, 4.69) is 26.1 Å². The van der Waals surface area contributed by atoms with E-state index in [0.29, 0.717) is 12.1 Å². The first-order valence-electron chi connectivity index (χ1n) is 9.57. The molecule has 1 saturated heterocycles. The monoisotopic (exact) mass is 373 g/mol. The van der Waals surface area contributed by atoms with Gasteiger partial charge in [0.05, 0.1) is 5.92 Å². The van der Waals surface area contributed by atoms with Crippen LogP contribution in [0.5, 0.6) is 0 Å². The molecule has 1 heterocycles. The van der Waals surface area contributed by atoms with E-state index in [1.807, 2.05) is 31.2 Å². The van der Waals surface area contributed by atoms with Crippen molar-refractivity contribution in [1.82, 2.24) is 10.2 Å². The summed E-state index contributed by atoms with van der Waals surface area (Å²) in [7, 11) is 0. The second kappa shape index (κ2) is 8.55. The van der Waals surface area contributed by atoms with Gasteiger partial charge in [-0.2, -0.15) is 0 Å². The summed E-state index contributed by atoms with van der Waals surface area (Å²) in [6.07, 6.45) is 1.70. The lowest BCUT2D eigenvalue weighted by atomic mass is 9.87. The van der Waals surface area contributed by atoms with Gasteiger partial charge >= 0.3 is 0 Å². The maximum Gasteiger partial charge on any atom is 0.251 e. The van der Waals surface area contributed by atoms with Crippen LogP contribution < -0.4 is 11.1 Å². The summed E-state index contributed by atoms with van der Waals surface area (Å²) in [4.78, 5) is 37.9. The molecule has 148 valence electrons. The molecule has 0 saturated carbocycles. The van der Waals surface area contributed by atoms with Gasteiger partial charge in [0.25, 0.3) is 5.91 Å². The average Bonchev–Trinajstić information content (AvgIpc) is 2.61. The van der Waals surface area contributed by atoms with Gasteiger partial charge in [-0.05, 0) is 42.9 Å². The summed E-state index contributed by atoms with van der Waals surface area (Å²) in [6.45, 7) is 8.99. The molecular formula is C21H31N3O3. The predicted octanol–water partition coefficient (Wildman–Crippen LogP) is 2.22. The number of nitrogens with zero attached hydrogens (tertiary/aromatic N) is 1. The standard InChI is InChI=1S/C21H31N3O3/c1-14-5-6-16(19(22)26)13-24(14)18(25)11-12-23-20(27)15-7-9-17(10-8-15)21(2,3)4/h7-10,14,16H,5-6,11-13H2,1-4H3,(H2,22,26)(H,23,27)/t14-,16-/m1/s1. The highest BCUT2D eigenvalue weighted by atomic mass is 16.2. The summed E-state index contributed by atoms with van der Waals surface area (Å²) < 4.78 is 0. The van der Waals surface area contributed by atoms with Crippen molar-refractivity contribution < 1.29 is 14.4 Å². The topological polar surface area (TPSA) is 92.5 Å². The minimum Gasteiger partial charge on any atom is -0.369 e. The van der Waals surface area contributed by atoms with Gasteiger partial charge in [0.2, 0.25) is 11.8 Å². The Kier molecular flexibility index (Phi) is 6.63. The average molecular weight is 373 g/mol. The minimum absolute atomic E-state index is 0.0370. The number of hydrogen-bond acceptors (Lipinski definition) is 3. The summed E-state index contributed by atoms with van der Waals surface area (Å²) in [5, 5.41) is 2.80. The molecule has 2 rings (SSSR count). The predicted molar refractivity (Wildman–Crippen MR) is 105 cm³/mol. The van der Waals surface area contributed by atoms with Crippen LogP contribution in [0.15, 0.2) is 24.3 Å². The molecule has 0 aliphatic carbocycles. The first-order chi connectivity index (χ1) is 12.6. The fourth-order valence-electron chi connectivity index (χ4n) is 3.34. The number of carbonyl (C=O) groups excluding carboxylic acids is 3. The number of primary amides is 1. The summed E-state index contributed by atoms with van der Waals surface area (Å²) in [5.41, 5.74) is 7.16. The molecule has 1 aromatic rings. The van der Waals surface area contributed by atoms with Crippen LogP contribution in [0.4, 0.5) is 0 Å². The SMILES string of the molecule is C[C@@H]1CC[C@@H](C(N)=O)CN1C(=O)CCNC(=O)c1ccc(C(C)(C)C)cc1. The number of hydrogen-bond donors (Lipinski definition) is 2. The van der Waals surface area contributed by atoms with Crippen LogP contribution >= 0.6 is 0 Å². The van der Waals surface area contributed by atoms with Crippen LogP contribution in [0.1, 0.15) is 62.9 Å². The van der Waals surface area contributed by atoms with E-state index in [-0.39, 0.29) is 48.1 Å². The largest absolute Gasteiger partial charge is 0.369 e. The van der Waals surface area contributed by atoms with Gasteiger partial charge in [-0.25, -0.2) is 0 Å². The van der Waals surface area contributed by atoms with Crippen LogP contribution in [0.2, 0.25) is 0 Å². The number of benzene rings is 1. The number of carbonyl (C=O) groups is 3. The highest BCUT2D eigenvalue weighted by molar-refractivity contribution is 5.94. The van der Waals surface area contributed by atoms with Gasteiger partial charge in [-0.3, -0.25) is 14.4 Å². The lowest BCUT2D eigenvalue weighted by Gasteiger charge is -2.37. The molecule has 6 heteroatoms. The third-order valence-electron chi connectivity index (χ3n) is 5.24. The molecule has 27 heavy (non-hydrogen) atoms. The second-order valence-corrected chi connectivity index (χ2v) is 8.41. The van der Waals surface area contributed by atoms with E-state index < -0.39 is 0 Å². The molecule has 1 aromatic carbocycles. The zero-order valence-corrected chi connectivity index (χ0v) is 16.7. The highest BCUT2D eigenvalue weighted by Gasteiger charge is 2.31. The van der Waals surface area contributed by atoms with E-state index in [0.717, 1.165) is 18.4 Å². The quantitative estimate of drug-likeness (QED) is 0.829. The fourth-order valence-corrected chi connectivity index (χ4v) is 3.34. The Labute approximate surface area is 161 Å². The third kappa shape index (κ3) is 5.55. The van der Waals surface area contributed by atoms with Crippen molar-refractivity contribution in [3.05, 3.63) is 35.4 Å². The zero-order valence-electron chi connectivity index (χ0n) is 16.7. The number of nitrogens with one attached hydrogen (secondary N) is 1. The van der Waals surface area contributed by atoms with Crippen molar-refractivity contribution in [2.24, 2.45) is 11.7 Å². The van der Waals surface area contributed by atoms with Gasteiger partial charge in [-0.1, -0.05) is 32.9 Å². The number of rotatable bonds is 5. The van der Waals surface area contributed by atoms with E-state index in [1.165, 1.54) is 0 Å². The Morgan fingerprint density at radius 1 is 1.15 bits per heavy atom. The zero-order chi connectivity index (χ0) is 20.2. The molecule has 3 N–H and O–H groups in total. The number of amides is 3. The van der Waals surface area contributed by atoms with Gasteiger partial charge < -0.3 is 16.0 Å². The molecular weight excluding hydrogens is 342 g/mol. The third-order valence-corrected chi connectivity index (χ3v) is 5.24. The lowest BCUT2D eigenvalue weighted by Crippen LogP contribution is -2.49. The van der Waals surface area contributed by atoms with E-state index in [4.69, 9.17) is 5.73 Å². The summed E-state index contributed by atoms with van der Waals surface area (Å²) in [5.74, 6) is -0.880. The molecule has 0 spiro atoms. The van der Waals surface area contributed by atoms with Crippen molar-refractivity contribution in [2.75, 3.05) is 13.1 Å². The first-order valence-corrected chi connectivity index (χ1v) is 9.57. The van der Waals surface area contributed by atoms with Crippen LogP contribution in [0.3, 0.4) is 0 Å². The number of piperidine rings is 1. The second-order valence-electron chi connectivity index (χ2n) is 8.41. The number of likely N-dealkylation sites (tertiary alicyclic amines) is 1. The molecule has 0 aromatic heterocycles. The van der Waals surface area contributed by atoms with E-state index in [9.17, 15) is 14.4 Å².